The van der Waals surface area contributed by atoms with E-state index in [1.165, 1.54) is 6.42 Å². The molecule has 0 spiro atoms. The van der Waals surface area contributed by atoms with Gasteiger partial charge < -0.3 is 10.6 Å². The number of rotatable bonds is 4. The molecular weight excluding hydrogens is 246 g/mol. The molecule has 0 radical (unpaired) electrons. The Morgan fingerprint density at radius 2 is 1.10 bits per heavy atom. The number of hydrogen-bond acceptors (Lipinski definition) is 0. The minimum atomic E-state index is 0. The summed E-state index contributed by atoms with van der Waals surface area (Å²) in [6, 6.07) is 0. The largest absolute Gasteiger partial charge is 1.00 e. The maximum absolute atomic E-state index is 4.88. The van der Waals surface area contributed by atoms with Crippen LogP contribution in [0.15, 0.2) is 12.2 Å². The molecule has 2 aliphatic carbocycles. The van der Waals surface area contributed by atoms with Gasteiger partial charge in [0.1, 0.15) is 0 Å². The minimum absolute atomic E-state index is 0. The Morgan fingerprint density at radius 3 is 1.38 bits per heavy atom. The molecule has 1 saturated carbocycles. The van der Waals surface area contributed by atoms with E-state index in [9.17, 15) is 0 Å². The summed E-state index contributed by atoms with van der Waals surface area (Å²) < 4.78 is 0. The third kappa shape index (κ3) is 6.47. The first-order chi connectivity index (χ1) is 8.66. The van der Waals surface area contributed by atoms with Crippen molar-refractivity contribution in [3.8, 4) is 0 Å². The second-order valence-electron chi connectivity index (χ2n) is 8.30. The van der Waals surface area contributed by atoms with Gasteiger partial charge in [0, 0.05) is 0 Å². The fraction of sp³-hybridized carbons (Fsp3) is 0.882. The van der Waals surface area contributed by atoms with E-state index in [4.69, 9.17) is 10.6 Å². The Balaban J connectivity index is 0.00000200. The summed E-state index contributed by atoms with van der Waals surface area (Å²) in [6.45, 7) is 15.2. The molecule has 4 heteroatoms. The van der Waals surface area contributed by atoms with Gasteiger partial charge in [-0.25, -0.2) is 0 Å². The van der Waals surface area contributed by atoms with Crippen molar-refractivity contribution in [1.82, 2.24) is 0 Å². The third-order valence-electron chi connectivity index (χ3n) is 4.35. The van der Waals surface area contributed by atoms with Gasteiger partial charge in [-0.1, -0.05) is 65.5 Å². The summed E-state index contributed by atoms with van der Waals surface area (Å²) in [5, 5.41) is 9.75. The number of fused-ring (bicyclic) bond motifs is 2. The Bertz CT molecular complexity index is 310. The number of allylic oxidation sites excluding steroid dienone is 2. The molecule has 2 aliphatic rings. The summed E-state index contributed by atoms with van der Waals surface area (Å²) in [7, 11) is 0. The van der Waals surface area contributed by atoms with Crippen LogP contribution in [0.3, 0.4) is 0 Å². The topological polar surface area (TPSA) is 28.2 Å². The summed E-state index contributed by atoms with van der Waals surface area (Å²) >= 11 is 0. The number of nitrogens with zero attached hydrogens (tertiary/aromatic N) is 2. The predicted octanol–water partition coefficient (Wildman–Crippen LogP) is -1.22. The van der Waals surface area contributed by atoms with Gasteiger partial charge in [-0.15, -0.1) is 24.2 Å². The molecule has 1 fully saturated rings. The molecule has 2 rings (SSSR count). The maximum atomic E-state index is 4.88. The van der Waals surface area contributed by atoms with Crippen molar-refractivity contribution in [2.24, 2.45) is 23.7 Å². The molecule has 0 saturated heterocycles. The Morgan fingerprint density at radius 1 is 0.762 bits per heavy atom. The van der Waals surface area contributed by atoms with Gasteiger partial charge in [0.15, 0.2) is 0 Å². The van der Waals surface area contributed by atoms with Crippen molar-refractivity contribution >= 4 is 0 Å². The zero-order valence-electron chi connectivity index (χ0n) is 15.5. The second kappa shape index (κ2) is 8.10. The SMILES string of the molecule is CC(C)(C)[N-]CC1C2C=CC(C2)C1C[N-]C(C)(C)C.[Li+].[Li+]. The van der Waals surface area contributed by atoms with Gasteiger partial charge >= 0.3 is 37.7 Å². The van der Waals surface area contributed by atoms with E-state index >= 15 is 0 Å². The molecule has 4 unspecified atom stereocenters. The van der Waals surface area contributed by atoms with Crippen molar-refractivity contribution in [2.75, 3.05) is 13.1 Å². The van der Waals surface area contributed by atoms with Gasteiger partial charge in [0.2, 0.25) is 0 Å². The van der Waals surface area contributed by atoms with Crippen LogP contribution in [-0.4, -0.2) is 24.2 Å². The quantitative estimate of drug-likeness (QED) is 0.455. The molecule has 110 valence electrons. The Kier molecular flexibility index (Phi) is 8.43. The Labute approximate surface area is 156 Å². The first-order valence-electron chi connectivity index (χ1n) is 7.71. The van der Waals surface area contributed by atoms with Gasteiger partial charge in [0.25, 0.3) is 0 Å². The van der Waals surface area contributed by atoms with Crippen LogP contribution >= 0.6 is 0 Å². The van der Waals surface area contributed by atoms with Crippen LogP contribution in [0.1, 0.15) is 48.0 Å². The van der Waals surface area contributed by atoms with Crippen molar-refractivity contribution in [1.29, 1.82) is 0 Å². The van der Waals surface area contributed by atoms with Crippen LogP contribution < -0.4 is 37.7 Å². The normalized spacial score (nSPS) is 31.0. The molecule has 0 aromatic heterocycles. The van der Waals surface area contributed by atoms with Gasteiger partial charge in [-0.3, -0.25) is 0 Å². The van der Waals surface area contributed by atoms with E-state index in [-0.39, 0.29) is 48.8 Å². The first-order valence-corrected chi connectivity index (χ1v) is 7.71. The average Bonchev–Trinajstić information content (AvgIpc) is 2.81. The molecule has 21 heavy (non-hydrogen) atoms. The number of hydrogen-bond donors (Lipinski definition) is 0. The van der Waals surface area contributed by atoms with Crippen molar-refractivity contribution in [3.05, 3.63) is 22.8 Å². The molecule has 2 bridgehead atoms. The van der Waals surface area contributed by atoms with Crippen LogP contribution in [0.25, 0.3) is 10.6 Å². The maximum Gasteiger partial charge on any atom is 1.00 e. The van der Waals surface area contributed by atoms with Crippen LogP contribution in [0, 0.1) is 23.7 Å². The zero-order chi connectivity index (χ0) is 14.3. The first kappa shape index (κ1) is 21.9. The monoisotopic (exact) mass is 276 g/mol. The van der Waals surface area contributed by atoms with E-state index in [1.807, 2.05) is 0 Å². The van der Waals surface area contributed by atoms with E-state index in [0.29, 0.717) is 0 Å². The summed E-state index contributed by atoms with van der Waals surface area (Å²) in [4.78, 5) is 0. The van der Waals surface area contributed by atoms with E-state index < -0.39 is 0 Å². The third-order valence-corrected chi connectivity index (χ3v) is 4.35. The predicted molar refractivity (Wildman–Crippen MR) is 83.7 cm³/mol. The fourth-order valence-corrected chi connectivity index (χ4v) is 3.33. The molecule has 0 heterocycles. The molecule has 2 nitrogen and oxygen atoms in total. The van der Waals surface area contributed by atoms with Gasteiger partial charge in [-0.05, 0) is 18.3 Å². The van der Waals surface area contributed by atoms with Crippen LogP contribution in [-0.2, 0) is 0 Å². The molecule has 0 aromatic rings. The molecular formula is C17H30Li2N2. The van der Waals surface area contributed by atoms with E-state index in [0.717, 1.165) is 36.8 Å². The van der Waals surface area contributed by atoms with Crippen LogP contribution in [0.5, 0.6) is 0 Å². The van der Waals surface area contributed by atoms with Crippen molar-refractivity contribution in [2.45, 2.75) is 59.0 Å². The molecule has 0 amide bonds. The van der Waals surface area contributed by atoms with Crippen molar-refractivity contribution in [3.63, 3.8) is 0 Å². The van der Waals surface area contributed by atoms with Gasteiger partial charge in [0.05, 0.1) is 0 Å². The minimum Gasteiger partial charge on any atom is -0.657 e. The standard InChI is InChI=1S/C17H30N2.2Li/c1-16(2,3)18-10-14-12-7-8-13(9-12)15(14)11-19-17(4,5)6;;/h7-8,12-15H,9-11H2,1-6H3;;/q-2;2*+1. The molecule has 0 N–H and O–H groups in total. The molecule has 4 atom stereocenters. The summed E-state index contributed by atoms with van der Waals surface area (Å²) in [6.07, 6.45) is 6.21. The Hall–Kier alpha value is 0.855. The fourth-order valence-electron chi connectivity index (χ4n) is 3.33. The van der Waals surface area contributed by atoms with Crippen LogP contribution in [0.2, 0.25) is 0 Å². The second-order valence-corrected chi connectivity index (χ2v) is 8.30. The smallest absolute Gasteiger partial charge is 0.657 e. The van der Waals surface area contributed by atoms with E-state index in [2.05, 4.69) is 53.7 Å². The van der Waals surface area contributed by atoms with Crippen molar-refractivity contribution < 1.29 is 37.7 Å². The molecule has 0 aliphatic heterocycles. The van der Waals surface area contributed by atoms with Gasteiger partial charge in [-0.2, -0.15) is 0 Å². The summed E-state index contributed by atoms with van der Waals surface area (Å²) in [5.41, 5.74) is 0.189. The van der Waals surface area contributed by atoms with Crippen LogP contribution in [0.4, 0.5) is 0 Å². The average molecular weight is 276 g/mol. The van der Waals surface area contributed by atoms with E-state index in [1.54, 1.807) is 0 Å². The summed E-state index contributed by atoms with van der Waals surface area (Å²) in [5.74, 6) is 2.97. The zero-order valence-corrected chi connectivity index (χ0v) is 15.5. The molecule has 0 aromatic carbocycles.